The summed E-state index contributed by atoms with van der Waals surface area (Å²) in [5, 5.41) is 19.2. The lowest BCUT2D eigenvalue weighted by molar-refractivity contribution is -0.138. The molecule has 566 valence electrons. The summed E-state index contributed by atoms with van der Waals surface area (Å²) in [5.74, 6) is -3.16. The number of rotatable bonds is 20. The van der Waals surface area contributed by atoms with Gasteiger partial charge in [-0.05, 0) is 129 Å². The molecule has 0 bridgehead atoms. The molecule has 0 fully saturated rings. The summed E-state index contributed by atoms with van der Waals surface area (Å²) < 4.78 is 161. The Labute approximate surface area is 598 Å². The number of hydrogen-bond acceptors (Lipinski definition) is 24. The maximum absolute atomic E-state index is 13.4. The molecule has 0 spiro atoms. The minimum Gasteiger partial charge on any atom is -0.384 e. The number of H-pyrrole nitrogens is 1. The van der Waals surface area contributed by atoms with Crippen molar-refractivity contribution >= 4 is 75.5 Å². The van der Waals surface area contributed by atoms with Crippen LogP contribution >= 0.6 is 0 Å². The number of carbonyl (C=O) groups is 4. The molecule has 0 radical (unpaired) electrons. The van der Waals surface area contributed by atoms with E-state index in [2.05, 4.69) is 71.1 Å². The number of halogens is 12. The van der Waals surface area contributed by atoms with E-state index in [1.807, 2.05) is 27.7 Å². The highest BCUT2D eigenvalue weighted by Gasteiger charge is 2.41. The highest BCUT2D eigenvalue weighted by atomic mass is 19.4. The van der Waals surface area contributed by atoms with Crippen molar-refractivity contribution < 1.29 is 80.4 Å². The van der Waals surface area contributed by atoms with E-state index in [1.165, 1.54) is 91.5 Å². The van der Waals surface area contributed by atoms with E-state index < -0.39 is 92.9 Å². The second-order valence-electron chi connectivity index (χ2n) is 23.6. The Hall–Kier alpha value is -12.2. The van der Waals surface area contributed by atoms with Crippen LogP contribution in [0.1, 0.15) is 141 Å². The Morgan fingerprint density at radius 2 is 0.829 bits per heavy atom. The minimum absolute atomic E-state index is 0. The standard InChI is InChI=1S/C18H22F3N5O.C17H20F3N5O.2C16H13F3N6O.6H2/c1-10(2)8-11(22)9-25-14-6-5-13(18(19,20)21)15(26-14)16(27)12-4-3-7-24-17(12)23;1-9(2)12(21)8-24-13-6-5-11(17(18,19)20)14(25-13)15(26)10-4-3-7-23-16(10)22;1-8-7-11(20)25(24-8)12-5-4-10(16(17,18)19)13(23-12)14(26)9-3-2-6-22-15(9)21;1-8-7-12(25-24-8)22-11-5-4-10(16(17,18)19)13(23-11)14(26)9-3-2-6-21-15(9)20;;;;;;/h3-7,10-11H,8-9,22H2,1-2H3,(H2,23,24)(H,25,26);3-7,9,12H,8,21H2,1-2H3,(H2,22,23)(H,24,25);2-7H,20H2,1H3,(H2,21,22);2-7H,1H3,(H2,20,21)(H2,22,23,24,25);6*1H/t11-;12-;;;;;;;;/m01......../s1. The van der Waals surface area contributed by atoms with E-state index in [4.69, 9.17) is 40.1 Å². The number of alkyl halides is 12. The highest BCUT2D eigenvalue weighted by molar-refractivity contribution is 6.13. The minimum atomic E-state index is -4.78. The van der Waals surface area contributed by atoms with Gasteiger partial charge in [-0.3, -0.25) is 24.3 Å². The number of aromatic nitrogens is 12. The zero-order valence-electron chi connectivity index (χ0n) is 56.3. The van der Waals surface area contributed by atoms with E-state index in [0.29, 0.717) is 30.5 Å². The first kappa shape index (κ1) is 80.1. The fourth-order valence-corrected chi connectivity index (χ4v) is 9.47. The van der Waals surface area contributed by atoms with Crippen LogP contribution < -0.4 is 56.1 Å². The number of aromatic amines is 1. The maximum atomic E-state index is 13.4. The molecule has 0 saturated heterocycles. The van der Waals surface area contributed by atoms with Crippen molar-refractivity contribution in [3.63, 3.8) is 0 Å². The van der Waals surface area contributed by atoms with Gasteiger partial charge in [0.25, 0.3) is 0 Å². The Bertz CT molecular complexity index is 4770. The SMILES string of the molecule is CC(C)C[C@H](N)CNc1ccc(C(F)(F)F)c(C(=O)c2cccnc2N)n1.CC(C)[C@H](N)CNc1ccc(C(F)(F)F)c(C(=O)c2cccnc2N)n1.Cc1cc(N)n(-c2ccc(C(F)(F)F)c(C(=O)c3cccnc3N)n2)n1.Cc1cc(Nc2ccc(C(F)(F)F)c(C(=O)c3cccnc3N)n2)n[nH]1.[HH].[HH].[HH].[HH].[HH].[HH]. The molecule has 0 unspecified atom stereocenters. The van der Waals surface area contributed by atoms with Crippen LogP contribution in [-0.2, 0) is 24.7 Å². The molecule has 0 saturated carbocycles. The molecule has 0 amide bonds. The quantitative estimate of drug-likeness (QED) is 0.0249. The number of pyridine rings is 8. The van der Waals surface area contributed by atoms with Crippen LogP contribution in [0.5, 0.6) is 0 Å². The number of anilines is 9. The fraction of sp³-hybridized carbons (Fsp3) is 0.254. The van der Waals surface area contributed by atoms with Crippen LogP contribution in [0.3, 0.4) is 0 Å². The van der Waals surface area contributed by atoms with Crippen LogP contribution in [0.25, 0.3) is 5.82 Å². The number of ketones is 4. The lowest BCUT2D eigenvalue weighted by atomic mass is 10.0. The Morgan fingerprint density at radius 3 is 1.15 bits per heavy atom. The summed E-state index contributed by atoms with van der Waals surface area (Å²) in [6.45, 7) is 11.9. The van der Waals surface area contributed by atoms with Gasteiger partial charge in [0.05, 0.1) is 50.2 Å². The van der Waals surface area contributed by atoms with Gasteiger partial charge < -0.3 is 56.1 Å². The third-order valence-corrected chi connectivity index (χ3v) is 14.7. The monoisotopic (exact) mass is 1480 g/mol. The molecule has 105 heavy (non-hydrogen) atoms. The number of nitrogens with zero attached hydrogens (tertiary/aromatic N) is 11. The third kappa shape index (κ3) is 21.2. The van der Waals surface area contributed by atoms with Crippen molar-refractivity contribution in [2.45, 2.75) is 84.8 Å². The summed E-state index contributed by atoms with van der Waals surface area (Å²) >= 11 is 0. The van der Waals surface area contributed by atoms with E-state index in [9.17, 15) is 71.9 Å². The van der Waals surface area contributed by atoms with E-state index in [-0.39, 0.29) is 101 Å². The smallest absolute Gasteiger partial charge is 0.384 e. The molecule has 26 nitrogen and oxygen atoms in total. The van der Waals surface area contributed by atoms with Crippen molar-refractivity contribution in [2.24, 2.45) is 23.3 Å². The molecule has 2 atom stereocenters. The molecule has 38 heteroatoms. The van der Waals surface area contributed by atoms with Crippen molar-refractivity contribution in [1.29, 1.82) is 0 Å². The van der Waals surface area contributed by atoms with Crippen LogP contribution in [-0.4, -0.2) is 108 Å². The van der Waals surface area contributed by atoms with Crippen LogP contribution in [0, 0.1) is 25.7 Å². The second-order valence-corrected chi connectivity index (χ2v) is 23.6. The zero-order chi connectivity index (χ0) is 77.6. The molecule has 0 aliphatic rings. The maximum Gasteiger partial charge on any atom is 0.418 e. The molecule has 0 aromatic carbocycles. The highest BCUT2D eigenvalue weighted by Crippen LogP contribution is 2.38. The molecule has 10 heterocycles. The predicted octanol–water partition coefficient (Wildman–Crippen LogP) is 12.7. The van der Waals surface area contributed by atoms with Crippen molar-refractivity contribution in [1.82, 2.24) is 59.8 Å². The fourth-order valence-electron chi connectivity index (χ4n) is 9.47. The van der Waals surface area contributed by atoms with E-state index in [0.717, 1.165) is 53.2 Å². The molecule has 0 aliphatic heterocycles. The summed E-state index contributed by atoms with van der Waals surface area (Å²) in [6.07, 6.45) is -12.9. The van der Waals surface area contributed by atoms with E-state index >= 15 is 0 Å². The first-order valence-corrected chi connectivity index (χ1v) is 31.1. The molecule has 10 aromatic rings. The normalized spacial score (nSPS) is 12.2. The molecular formula is C67H80F12N22O4. The van der Waals surface area contributed by atoms with Gasteiger partial charge in [-0.25, -0.2) is 39.9 Å². The van der Waals surface area contributed by atoms with Gasteiger partial charge in [-0.2, -0.15) is 67.6 Å². The summed E-state index contributed by atoms with van der Waals surface area (Å²) in [5.41, 5.74) is 33.2. The molecule has 18 N–H and O–H groups in total. The predicted molar refractivity (Wildman–Crippen MR) is 378 cm³/mol. The Morgan fingerprint density at radius 1 is 0.476 bits per heavy atom. The average Bonchev–Trinajstić information content (AvgIpc) is 1.76. The lowest BCUT2D eigenvalue weighted by Gasteiger charge is -2.18. The summed E-state index contributed by atoms with van der Waals surface area (Å²) in [6, 6.07) is 21.3. The Balaban J connectivity index is 0.000000727. The van der Waals surface area contributed by atoms with Crippen LogP contribution in [0.2, 0.25) is 0 Å². The van der Waals surface area contributed by atoms with Gasteiger partial charge in [-0.1, -0.05) is 27.7 Å². The van der Waals surface area contributed by atoms with Crippen molar-refractivity contribution in [2.75, 3.05) is 57.7 Å². The van der Waals surface area contributed by atoms with Crippen molar-refractivity contribution in [3.8, 4) is 5.82 Å². The summed E-state index contributed by atoms with van der Waals surface area (Å²) in [4.78, 5) is 80.9. The molecule has 10 rings (SSSR count). The Kier molecular flexibility index (Phi) is 25.7. The number of nitrogens with two attached hydrogens (primary N) is 7. The first-order valence-electron chi connectivity index (χ1n) is 31.1. The van der Waals surface area contributed by atoms with Gasteiger partial charge in [0, 0.05) is 76.3 Å². The molecular weight excluding hydrogens is 1400 g/mol. The topological polar surface area (TPSA) is 436 Å². The van der Waals surface area contributed by atoms with Crippen molar-refractivity contribution in [3.05, 3.63) is 213 Å². The number of hydrogen-bond donors (Lipinski definition) is 11. The first-order chi connectivity index (χ1) is 49.1. The number of nitrogen functional groups attached to an aromatic ring is 5. The molecule has 0 aliphatic carbocycles. The lowest BCUT2D eigenvalue weighted by Crippen LogP contribution is -2.34. The van der Waals surface area contributed by atoms with E-state index in [1.54, 1.807) is 19.9 Å². The largest absolute Gasteiger partial charge is 0.418 e. The van der Waals surface area contributed by atoms with Gasteiger partial charge in [-0.15, -0.1) is 0 Å². The van der Waals surface area contributed by atoms with Crippen LogP contribution in [0.4, 0.5) is 105 Å². The number of carbonyl (C=O) groups excluding carboxylic acids is 4. The second kappa shape index (κ2) is 33.7. The van der Waals surface area contributed by atoms with Crippen LogP contribution in [0.15, 0.2) is 134 Å². The van der Waals surface area contributed by atoms with Gasteiger partial charge in [0.15, 0.2) is 11.6 Å². The zero-order valence-corrected chi connectivity index (χ0v) is 56.3. The van der Waals surface area contributed by atoms with Gasteiger partial charge in [0.1, 0.15) is 69.3 Å². The number of aryl methyl sites for hydroxylation is 2. The third-order valence-electron chi connectivity index (χ3n) is 14.7. The summed E-state index contributed by atoms with van der Waals surface area (Å²) in [7, 11) is 0. The average molecular weight is 1490 g/mol. The van der Waals surface area contributed by atoms with Gasteiger partial charge >= 0.3 is 24.7 Å². The van der Waals surface area contributed by atoms with Gasteiger partial charge in [0.2, 0.25) is 23.1 Å². The number of nitrogens with one attached hydrogen (secondary N) is 4. The molecule has 10 aromatic heterocycles.